The van der Waals surface area contributed by atoms with E-state index in [-0.39, 0.29) is 11.8 Å². The van der Waals surface area contributed by atoms with E-state index in [0.29, 0.717) is 46.2 Å². The van der Waals surface area contributed by atoms with Crippen molar-refractivity contribution in [1.29, 1.82) is 0 Å². The van der Waals surface area contributed by atoms with Crippen LogP contribution in [0.3, 0.4) is 0 Å². The van der Waals surface area contributed by atoms with Crippen LogP contribution in [0.25, 0.3) is 16.8 Å². The van der Waals surface area contributed by atoms with Gasteiger partial charge in [0.1, 0.15) is 23.0 Å². The highest BCUT2D eigenvalue weighted by atomic mass is 16.5. The van der Waals surface area contributed by atoms with Crippen LogP contribution in [-0.2, 0) is 6.42 Å². The van der Waals surface area contributed by atoms with Gasteiger partial charge in [-0.3, -0.25) is 18.9 Å². The second kappa shape index (κ2) is 11.3. The lowest BCUT2D eigenvalue weighted by Gasteiger charge is -2.19. The fraction of sp³-hybridized carbons (Fsp3) is 0.156. The molecular weight excluding hydrogens is 504 g/mol. The molecule has 2 amide bonds. The van der Waals surface area contributed by atoms with E-state index in [9.17, 15) is 9.59 Å². The third-order valence-corrected chi connectivity index (χ3v) is 6.75. The highest BCUT2D eigenvalue weighted by molar-refractivity contribution is 6.07. The molecule has 0 saturated carbocycles. The molecule has 2 aromatic heterocycles. The number of rotatable bonds is 8. The summed E-state index contributed by atoms with van der Waals surface area (Å²) < 4.78 is 12.6. The minimum Gasteiger partial charge on any atom is -0.497 e. The number of hydrogen-bond acceptors (Lipinski definition) is 5. The molecule has 0 fully saturated rings. The van der Waals surface area contributed by atoms with Crippen LogP contribution >= 0.6 is 0 Å². The van der Waals surface area contributed by atoms with Gasteiger partial charge in [0.2, 0.25) is 0 Å². The summed E-state index contributed by atoms with van der Waals surface area (Å²) in [6.07, 6.45) is 2.31. The van der Waals surface area contributed by atoms with Crippen LogP contribution in [0.2, 0.25) is 0 Å². The fourth-order valence-electron chi connectivity index (χ4n) is 4.66. The SMILES string of the molecule is CCc1nc2ccc(C(=O)Nc3cc(-c4ccccc4)ccc3OC)cn2c1N(C)C(=O)c1cccc(OC)c1. The molecule has 8 heteroatoms. The molecule has 3 aromatic carbocycles. The number of hydrogen-bond donors (Lipinski definition) is 1. The van der Waals surface area contributed by atoms with E-state index >= 15 is 0 Å². The van der Waals surface area contributed by atoms with E-state index in [0.717, 1.165) is 16.8 Å². The Balaban J connectivity index is 1.49. The van der Waals surface area contributed by atoms with Crippen molar-refractivity contribution in [3.8, 4) is 22.6 Å². The minimum absolute atomic E-state index is 0.215. The van der Waals surface area contributed by atoms with Crippen LogP contribution in [0.1, 0.15) is 33.3 Å². The summed E-state index contributed by atoms with van der Waals surface area (Å²) in [4.78, 5) is 33.2. The number of nitrogens with one attached hydrogen (secondary N) is 1. The van der Waals surface area contributed by atoms with Crippen LogP contribution < -0.4 is 19.7 Å². The number of aromatic nitrogens is 2. The second-order valence-corrected chi connectivity index (χ2v) is 9.21. The van der Waals surface area contributed by atoms with Gasteiger partial charge in [-0.2, -0.15) is 0 Å². The van der Waals surface area contributed by atoms with Crippen molar-refractivity contribution < 1.29 is 19.1 Å². The van der Waals surface area contributed by atoms with Gasteiger partial charge in [-0.15, -0.1) is 0 Å². The Morgan fingerprint density at radius 2 is 1.68 bits per heavy atom. The molecule has 1 N–H and O–H groups in total. The molecule has 0 aliphatic rings. The Bertz CT molecular complexity index is 1690. The van der Waals surface area contributed by atoms with Gasteiger partial charge in [0.25, 0.3) is 11.8 Å². The van der Waals surface area contributed by atoms with Crippen LogP contribution in [0.4, 0.5) is 11.5 Å². The topological polar surface area (TPSA) is 85.2 Å². The number of pyridine rings is 1. The van der Waals surface area contributed by atoms with Crippen molar-refractivity contribution in [1.82, 2.24) is 9.38 Å². The number of methoxy groups -OCH3 is 2. The third-order valence-electron chi connectivity index (χ3n) is 6.75. The Kier molecular flexibility index (Phi) is 7.50. The maximum absolute atomic E-state index is 13.5. The molecule has 5 rings (SSSR count). The second-order valence-electron chi connectivity index (χ2n) is 9.21. The van der Waals surface area contributed by atoms with Gasteiger partial charge in [0.15, 0.2) is 0 Å². The summed E-state index contributed by atoms with van der Waals surface area (Å²) in [6.45, 7) is 1.98. The molecule has 0 spiro atoms. The average molecular weight is 535 g/mol. The summed E-state index contributed by atoms with van der Waals surface area (Å²) in [5, 5.41) is 2.99. The molecule has 0 saturated heterocycles. The molecule has 0 aliphatic carbocycles. The molecule has 202 valence electrons. The van der Waals surface area contributed by atoms with Crippen LogP contribution in [0, 0.1) is 0 Å². The minimum atomic E-state index is -0.315. The number of imidazole rings is 1. The number of carbonyl (C=O) groups excluding carboxylic acids is 2. The Morgan fingerprint density at radius 3 is 2.40 bits per heavy atom. The smallest absolute Gasteiger partial charge is 0.259 e. The Morgan fingerprint density at radius 1 is 0.875 bits per heavy atom. The molecule has 0 atom stereocenters. The molecule has 5 aromatic rings. The number of nitrogens with zero attached hydrogens (tertiary/aromatic N) is 3. The van der Waals surface area contributed by atoms with Crippen molar-refractivity contribution >= 4 is 29.0 Å². The standard InChI is InChI=1S/C32H30N4O4/c1-5-26-31(35(2)32(38)23-12-9-13-25(18-23)39-3)36-20-24(15-17-29(36)33-26)30(37)34-27-19-22(14-16-28(27)40-4)21-10-7-6-8-11-21/h6-20H,5H2,1-4H3,(H,34,37). The maximum Gasteiger partial charge on any atom is 0.259 e. The van der Waals surface area contributed by atoms with Crippen molar-refractivity contribution in [2.45, 2.75) is 13.3 Å². The molecule has 2 heterocycles. The van der Waals surface area contributed by atoms with Gasteiger partial charge in [-0.1, -0.05) is 49.4 Å². The number of fused-ring (bicyclic) bond motifs is 1. The largest absolute Gasteiger partial charge is 0.497 e. The van der Waals surface area contributed by atoms with Gasteiger partial charge in [-0.25, -0.2) is 4.98 Å². The van der Waals surface area contributed by atoms with Crippen molar-refractivity contribution in [2.75, 3.05) is 31.5 Å². The Labute approximate surface area is 232 Å². The number of benzene rings is 3. The lowest BCUT2D eigenvalue weighted by atomic mass is 10.0. The van der Waals surface area contributed by atoms with E-state index in [1.807, 2.05) is 55.5 Å². The van der Waals surface area contributed by atoms with E-state index in [1.54, 1.807) is 73.2 Å². The zero-order valence-corrected chi connectivity index (χ0v) is 22.8. The number of amides is 2. The van der Waals surface area contributed by atoms with Gasteiger partial charge in [0, 0.05) is 18.8 Å². The van der Waals surface area contributed by atoms with E-state index in [4.69, 9.17) is 14.5 Å². The van der Waals surface area contributed by atoms with E-state index in [1.165, 1.54) is 0 Å². The van der Waals surface area contributed by atoms with Crippen molar-refractivity contribution in [2.24, 2.45) is 0 Å². The number of carbonyl (C=O) groups is 2. The van der Waals surface area contributed by atoms with E-state index < -0.39 is 0 Å². The molecule has 0 radical (unpaired) electrons. The summed E-state index contributed by atoms with van der Waals surface area (Å²) in [7, 11) is 4.84. The molecule has 0 bridgehead atoms. The van der Waals surface area contributed by atoms with Gasteiger partial charge < -0.3 is 14.8 Å². The maximum atomic E-state index is 13.5. The van der Waals surface area contributed by atoms with Crippen LogP contribution in [0.15, 0.2) is 91.1 Å². The van der Waals surface area contributed by atoms with E-state index in [2.05, 4.69) is 5.32 Å². The summed E-state index contributed by atoms with van der Waals surface area (Å²) >= 11 is 0. The third kappa shape index (κ3) is 5.11. The molecule has 40 heavy (non-hydrogen) atoms. The number of aryl methyl sites for hydroxylation is 1. The van der Waals surface area contributed by atoms with Crippen molar-refractivity contribution in [3.05, 3.63) is 108 Å². The fourth-order valence-corrected chi connectivity index (χ4v) is 4.66. The molecular formula is C32H30N4O4. The first-order valence-corrected chi connectivity index (χ1v) is 12.9. The first-order chi connectivity index (χ1) is 19.4. The zero-order chi connectivity index (χ0) is 28.2. The van der Waals surface area contributed by atoms with Gasteiger partial charge >= 0.3 is 0 Å². The number of anilines is 2. The Hall–Kier alpha value is -5.11. The quantitative estimate of drug-likeness (QED) is 0.260. The zero-order valence-electron chi connectivity index (χ0n) is 22.8. The first-order valence-electron chi connectivity index (χ1n) is 12.9. The van der Waals surface area contributed by atoms with Crippen molar-refractivity contribution in [3.63, 3.8) is 0 Å². The molecule has 0 unspecified atom stereocenters. The monoisotopic (exact) mass is 534 g/mol. The lowest BCUT2D eigenvalue weighted by molar-refractivity contribution is 0.0990. The summed E-state index contributed by atoms with van der Waals surface area (Å²) in [5.74, 6) is 1.22. The highest BCUT2D eigenvalue weighted by Crippen LogP contribution is 2.31. The number of ether oxygens (including phenoxy) is 2. The van der Waals surface area contributed by atoms with Crippen LogP contribution in [-0.4, -0.2) is 42.5 Å². The molecule has 0 aliphatic heterocycles. The van der Waals surface area contributed by atoms with Crippen LogP contribution in [0.5, 0.6) is 11.5 Å². The average Bonchev–Trinajstić information content (AvgIpc) is 3.38. The first kappa shape index (κ1) is 26.5. The molecule has 8 nitrogen and oxygen atoms in total. The lowest BCUT2D eigenvalue weighted by Crippen LogP contribution is -2.28. The predicted octanol–water partition coefficient (Wildman–Crippen LogP) is 6.11. The van der Waals surface area contributed by atoms with Gasteiger partial charge in [0.05, 0.1) is 31.2 Å². The summed E-state index contributed by atoms with van der Waals surface area (Å²) in [6, 6.07) is 26.1. The van der Waals surface area contributed by atoms with Gasteiger partial charge in [-0.05, 0) is 60.0 Å². The summed E-state index contributed by atoms with van der Waals surface area (Å²) in [5.41, 5.74) is 4.81. The highest BCUT2D eigenvalue weighted by Gasteiger charge is 2.23. The predicted molar refractivity (Wildman–Crippen MR) is 157 cm³/mol. The normalized spacial score (nSPS) is 10.8.